The van der Waals surface area contributed by atoms with Gasteiger partial charge in [-0.3, -0.25) is 0 Å². The molecule has 2 atom stereocenters. The van der Waals surface area contributed by atoms with E-state index in [1.165, 1.54) is 0 Å². The summed E-state index contributed by atoms with van der Waals surface area (Å²) in [6.45, 7) is 12.9. The predicted octanol–water partition coefficient (Wildman–Crippen LogP) is 2.92. The third-order valence-electron chi connectivity index (χ3n) is 3.90. The molecule has 1 rings (SSSR count). The van der Waals surface area contributed by atoms with Crippen molar-refractivity contribution in [2.45, 2.75) is 90.5 Å². The summed E-state index contributed by atoms with van der Waals surface area (Å²) < 4.78 is 5.50. The highest BCUT2D eigenvalue weighted by Gasteiger charge is 2.31. The van der Waals surface area contributed by atoms with Gasteiger partial charge in [0.2, 0.25) is 0 Å². The van der Waals surface area contributed by atoms with E-state index < -0.39 is 5.60 Å². The van der Waals surface area contributed by atoms with Crippen LogP contribution in [0.3, 0.4) is 0 Å². The summed E-state index contributed by atoms with van der Waals surface area (Å²) in [7, 11) is 0. The number of amides is 1. The lowest BCUT2D eigenvalue weighted by Crippen LogP contribution is -2.52. The summed E-state index contributed by atoms with van der Waals surface area (Å²) >= 11 is 0. The monoisotopic (exact) mass is 314 g/mol. The van der Waals surface area contributed by atoms with Gasteiger partial charge in [-0.1, -0.05) is 12.8 Å². The van der Waals surface area contributed by atoms with E-state index >= 15 is 0 Å². The minimum atomic E-state index is -0.492. The molecule has 5 heteroatoms. The molecule has 0 saturated heterocycles. The molecule has 1 amide bonds. The van der Waals surface area contributed by atoms with Crippen molar-refractivity contribution in [2.75, 3.05) is 13.1 Å². The van der Waals surface area contributed by atoms with Crippen LogP contribution in [0.5, 0.6) is 0 Å². The Morgan fingerprint density at radius 1 is 1.18 bits per heavy atom. The van der Waals surface area contributed by atoms with Gasteiger partial charge in [-0.15, -0.1) is 0 Å². The van der Waals surface area contributed by atoms with Crippen molar-refractivity contribution in [3.63, 3.8) is 0 Å². The molecule has 5 nitrogen and oxygen atoms in total. The molecule has 0 spiro atoms. The maximum atomic E-state index is 12.4. The van der Waals surface area contributed by atoms with E-state index in [9.17, 15) is 9.90 Å². The Balaban J connectivity index is 2.53. The van der Waals surface area contributed by atoms with Crippen molar-refractivity contribution in [1.29, 1.82) is 0 Å². The predicted molar refractivity (Wildman–Crippen MR) is 89.0 cm³/mol. The number of ether oxygens (including phenoxy) is 1. The SMILES string of the molecule is CC(C)(C)OC(=O)N(CCNC1CCCCC1O)C(C)(C)C. The zero-order chi connectivity index (χ0) is 17.0. The van der Waals surface area contributed by atoms with Crippen LogP contribution in [0.4, 0.5) is 4.79 Å². The fourth-order valence-corrected chi connectivity index (χ4v) is 2.73. The lowest BCUT2D eigenvalue weighted by Gasteiger charge is -2.37. The molecule has 0 aromatic heterocycles. The zero-order valence-electron chi connectivity index (χ0n) is 15.1. The highest BCUT2D eigenvalue weighted by Crippen LogP contribution is 2.20. The topological polar surface area (TPSA) is 61.8 Å². The second-order valence-corrected chi connectivity index (χ2v) is 8.22. The summed E-state index contributed by atoms with van der Waals surface area (Å²) in [5.41, 5.74) is -0.789. The lowest BCUT2D eigenvalue weighted by molar-refractivity contribution is 0.00577. The van der Waals surface area contributed by atoms with Gasteiger partial charge in [0.05, 0.1) is 6.10 Å². The van der Waals surface area contributed by atoms with Crippen LogP contribution in [0.1, 0.15) is 67.2 Å². The second kappa shape index (κ2) is 7.64. The molecule has 0 heterocycles. The summed E-state index contributed by atoms with van der Waals surface area (Å²) in [4.78, 5) is 14.1. The number of nitrogens with one attached hydrogen (secondary N) is 1. The Morgan fingerprint density at radius 2 is 1.77 bits per heavy atom. The average molecular weight is 314 g/mol. The van der Waals surface area contributed by atoms with Gasteiger partial charge in [-0.05, 0) is 54.4 Å². The smallest absolute Gasteiger partial charge is 0.410 e. The Kier molecular flexibility index (Phi) is 6.68. The average Bonchev–Trinajstić information content (AvgIpc) is 2.32. The van der Waals surface area contributed by atoms with Crippen LogP contribution in [-0.4, -0.2) is 52.5 Å². The molecule has 0 aromatic carbocycles. The first-order valence-electron chi connectivity index (χ1n) is 8.43. The molecule has 0 aromatic rings. The Hall–Kier alpha value is -0.810. The highest BCUT2D eigenvalue weighted by molar-refractivity contribution is 5.69. The molecule has 130 valence electrons. The number of hydrogen-bond acceptors (Lipinski definition) is 4. The van der Waals surface area contributed by atoms with Crippen LogP contribution >= 0.6 is 0 Å². The summed E-state index contributed by atoms with van der Waals surface area (Å²) in [5.74, 6) is 0. The first kappa shape index (κ1) is 19.2. The van der Waals surface area contributed by atoms with Gasteiger partial charge in [0.15, 0.2) is 0 Å². The van der Waals surface area contributed by atoms with Gasteiger partial charge in [0.1, 0.15) is 5.60 Å². The normalized spacial score (nSPS) is 23.2. The molecule has 0 radical (unpaired) electrons. The van der Waals surface area contributed by atoms with Gasteiger partial charge < -0.3 is 20.1 Å². The van der Waals surface area contributed by atoms with Gasteiger partial charge in [-0.25, -0.2) is 4.79 Å². The lowest BCUT2D eigenvalue weighted by atomic mass is 9.92. The zero-order valence-corrected chi connectivity index (χ0v) is 15.1. The maximum absolute atomic E-state index is 12.4. The summed E-state index contributed by atoms with van der Waals surface area (Å²) in [6.07, 6.45) is 3.58. The van der Waals surface area contributed by atoms with E-state index in [0.717, 1.165) is 25.7 Å². The van der Waals surface area contributed by atoms with Crippen molar-refractivity contribution >= 4 is 6.09 Å². The van der Waals surface area contributed by atoms with Crippen LogP contribution < -0.4 is 5.32 Å². The van der Waals surface area contributed by atoms with Crippen molar-refractivity contribution in [2.24, 2.45) is 0 Å². The molecular weight excluding hydrogens is 280 g/mol. The minimum absolute atomic E-state index is 0.147. The Morgan fingerprint density at radius 3 is 2.27 bits per heavy atom. The van der Waals surface area contributed by atoms with Crippen LogP contribution in [0.25, 0.3) is 0 Å². The molecule has 2 unspecified atom stereocenters. The molecular formula is C17H34N2O3. The third kappa shape index (κ3) is 6.53. The van der Waals surface area contributed by atoms with Crippen molar-refractivity contribution in [1.82, 2.24) is 10.2 Å². The number of carbonyl (C=O) groups excluding carboxylic acids is 1. The Labute approximate surface area is 135 Å². The van der Waals surface area contributed by atoms with E-state index in [4.69, 9.17) is 4.74 Å². The number of aliphatic hydroxyl groups is 1. The third-order valence-corrected chi connectivity index (χ3v) is 3.90. The van der Waals surface area contributed by atoms with E-state index in [-0.39, 0.29) is 23.8 Å². The highest BCUT2D eigenvalue weighted by atomic mass is 16.6. The van der Waals surface area contributed by atoms with Crippen LogP contribution in [0.2, 0.25) is 0 Å². The number of carbonyl (C=O) groups is 1. The van der Waals surface area contributed by atoms with E-state index in [1.54, 1.807) is 4.90 Å². The molecule has 0 aliphatic heterocycles. The molecule has 0 bridgehead atoms. The van der Waals surface area contributed by atoms with Crippen LogP contribution in [0, 0.1) is 0 Å². The molecule has 1 aliphatic rings. The van der Waals surface area contributed by atoms with Gasteiger partial charge in [0.25, 0.3) is 0 Å². The Bertz CT molecular complexity index is 358. The maximum Gasteiger partial charge on any atom is 0.410 e. The molecule has 22 heavy (non-hydrogen) atoms. The molecule has 2 N–H and O–H groups in total. The van der Waals surface area contributed by atoms with E-state index in [2.05, 4.69) is 5.32 Å². The first-order valence-corrected chi connectivity index (χ1v) is 8.43. The van der Waals surface area contributed by atoms with Gasteiger partial charge >= 0.3 is 6.09 Å². The fourth-order valence-electron chi connectivity index (χ4n) is 2.73. The van der Waals surface area contributed by atoms with Crippen LogP contribution in [-0.2, 0) is 4.74 Å². The van der Waals surface area contributed by atoms with Crippen molar-refractivity contribution < 1.29 is 14.6 Å². The number of nitrogens with zero attached hydrogens (tertiary/aromatic N) is 1. The molecule has 1 fully saturated rings. The van der Waals surface area contributed by atoms with Crippen molar-refractivity contribution in [3.8, 4) is 0 Å². The second-order valence-electron chi connectivity index (χ2n) is 8.22. The largest absolute Gasteiger partial charge is 0.444 e. The van der Waals surface area contributed by atoms with Crippen molar-refractivity contribution in [3.05, 3.63) is 0 Å². The molecule has 1 saturated carbocycles. The number of rotatable bonds is 4. The van der Waals surface area contributed by atoms with E-state index in [0.29, 0.717) is 13.1 Å². The van der Waals surface area contributed by atoms with E-state index in [1.807, 2.05) is 41.5 Å². The fraction of sp³-hybridized carbons (Fsp3) is 0.941. The number of hydrogen-bond donors (Lipinski definition) is 2. The summed E-state index contributed by atoms with van der Waals surface area (Å²) in [5, 5.41) is 13.4. The standard InChI is InChI=1S/C17H34N2O3/c1-16(2,3)19(15(21)22-17(4,5)6)12-11-18-13-9-7-8-10-14(13)20/h13-14,18,20H,7-12H2,1-6H3. The van der Waals surface area contributed by atoms with Gasteiger partial charge in [-0.2, -0.15) is 0 Å². The van der Waals surface area contributed by atoms with Crippen LogP contribution in [0.15, 0.2) is 0 Å². The first-order chi connectivity index (χ1) is 10.0. The van der Waals surface area contributed by atoms with Gasteiger partial charge in [0, 0.05) is 24.7 Å². The molecule has 1 aliphatic carbocycles. The number of aliphatic hydroxyl groups excluding tert-OH is 1. The minimum Gasteiger partial charge on any atom is -0.444 e. The summed E-state index contributed by atoms with van der Waals surface area (Å²) in [6, 6.07) is 0.147. The quantitative estimate of drug-likeness (QED) is 0.837.